The van der Waals surface area contributed by atoms with E-state index in [2.05, 4.69) is 0 Å². The highest BCUT2D eigenvalue weighted by Crippen LogP contribution is 2.29. The predicted octanol–water partition coefficient (Wildman–Crippen LogP) is 2.87. The largest absolute Gasteiger partial charge is 0.276 e. The third kappa shape index (κ3) is 1.82. The van der Waals surface area contributed by atoms with Gasteiger partial charge in [-0.3, -0.25) is 14.4 Å². The third-order valence-electron chi connectivity index (χ3n) is 3.13. The SMILES string of the molecule is O=C(Cl)c1ccc2c(c1)C(=O)N(c1ccccc1)C2=O. The maximum absolute atomic E-state index is 12.3. The molecule has 1 heterocycles. The number of carbonyl (C=O) groups excluding carboxylic acids is 3. The van der Waals surface area contributed by atoms with Gasteiger partial charge in [0.1, 0.15) is 0 Å². The number of carbonyl (C=O) groups is 3. The molecule has 98 valence electrons. The third-order valence-corrected chi connectivity index (χ3v) is 3.35. The number of imide groups is 1. The molecule has 0 fully saturated rings. The predicted molar refractivity (Wildman–Crippen MR) is 74.2 cm³/mol. The first kappa shape index (κ1) is 12.6. The minimum Gasteiger partial charge on any atom is -0.276 e. The van der Waals surface area contributed by atoms with Crippen LogP contribution in [0.25, 0.3) is 0 Å². The van der Waals surface area contributed by atoms with Crippen LogP contribution in [-0.2, 0) is 0 Å². The number of para-hydroxylation sites is 1. The molecule has 0 atom stereocenters. The standard InChI is InChI=1S/C15H8ClNO3/c16-13(18)9-6-7-11-12(8-9)15(20)17(14(11)19)10-4-2-1-3-5-10/h1-8H. The van der Waals surface area contributed by atoms with Crippen LogP contribution < -0.4 is 4.90 Å². The topological polar surface area (TPSA) is 54.5 Å². The van der Waals surface area contributed by atoms with Crippen LogP contribution >= 0.6 is 11.6 Å². The molecule has 5 heteroatoms. The number of hydrogen-bond donors (Lipinski definition) is 0. The van der Waals surface area contributed by atoms with E-state index in [0.717, 1.165) is 4.90 Å². The van der Waals surface area contributed by atoms with Gasteiger partial charge in [0.15, 0.2) is 0 Å². The van der Waals surface area contributed by atoms with E-state index in [9.17, 15) is 14.4 Å². The van der Waals surface area contributed by atoms with Gasteiger partial charge >= 0.3 is 0 Å². The zero-order valence-electron chi connectivity index (χ0n) is 10.2. The van der Waals surface area contributed by atoms with Crippen molar-refractivity contribution in [1.29, 1.82) is 0 Å². The summed E-state index contributed by atoms with van der Waals surface area (Å²) < 4.78 is 0. The first-order chi connectivity index (χ1) is 9.59. The Kier molecular flexibility index (Phi) is 2.88. The minimum atomic E-state index is -0.661. The Morgan fingerprint density at radius 1 is 0.900 bits per heavy atom. The van der Waals surface area contributed by atoms with Crippen molar-refractivity contribution >= 4 is 34.3 Å². The molecule has 0 spiro atoms. The average molecular weight is 286 g/mol. The molecule has 0 radical (unpaired) electrons. The van der Waals surface area contributed by atoms with Crippen molar-refractivity contribution in [3.8, 4) is 0 Å². The number of anilines is 1. The van der Waals surface area contributed by atoms with Gasteiger partial charge in [-0.1, -0.05) is 18.2 Å². The zero-order chi connectivity index (χ0) is 14.3. The van der Waals surface area contributed by atoms with E-state index in [-0.39, 0.29) is 16.7 Å². The molecule has 2 amide bonds. The molecule has 1 aliphatic heterocycles. The lowest BCUT2D eigenvalue weighted by atomic mass is 10.1. The molecule has 0 aliphatic carbocycles. The summed E-state index contributed by atoms with van der Waals surface area (Å²) in [7, 11) is 0. The molecule has 3 rings (SSSR count). The molecule has 0 unspecified atom stereocenters. The molecule has 2 aromatic rings. The highest BCUT2D eigenvalue weighted by molar-refractivity contribution is 6.67. The minimum absolute atomic E-state index is 0.196. The summed E-state index contributed by atoms with van der Waals surface area (Å²) in [6.45, 7) is 0. The fourth-order valence-corrected chi connectivity index (χ4v) is 2.29. The molecule has 0 bridgehead atoms. The van der Waals surface area contributed by atoms with Gasteiger partial charge in [0.25, 0.3) is 17.1 Å². The molecule has 0 N–H and O–H groups in total. The van der Waals surface area contributed by atoms with Crippen LogP contribution in [0.3, 0.4) is 0 Å². The lowest BCUT2D eigenvalue weighted by molar-refractivity contribution is 0.0925. The molecule has 4 nitrogen and oxygen atoms in total. The summed E-state index contributed by atoms with van der Waals surface area (Å²) in [6.07, 6.45) is 0. The molecular formula is C15H8ClNO3. The Labute approximate surface area is 119 Å². The second-order valence-electron chi connectivity index (χ2n) is 4.32. The number of hydrogen-bond acceptors (Lipinski definition) is 3. The monoisotopic (exact) mass is 285 g/mol. The lowest BCUT2D eigenvalue weighted by Gasteiger charge is -2.13. The number of amides is 2. The van der Waals surface area contributed by atoms with E-state index in [4.69, 9.17) is 11.6 Å². The van der Waals surface area contributed by atoms with Crippen LogP contribution in [0.2, 0.25) is 0 Å². The van der Waals surface area contributed by atoms with Crippen molar-refractivity contribution in [2.24, 2.45) is 0 Å². The second-order valence-corrected chi connectivity index (χ2v) is 4.66. The molecule has 20 heavy (non-hydrogen) atoms. The van der Waals surface area contributed by atoms with Crippen LogP contribution in [0.5, 0.6) is 0 Å². The zero-order valence-corrected chi connectivity index (χ0v) is 10.9. The molecule has 2 aromatic carbocycles. The van der Waals surface area contributed by atoms with Crippen molar-refractivity contribution in [2.45, 2.75) is 0 Å². The summed E-state index contributed by atoms with van der Waals surface area (Å²) in [4.78, 5) is 36.8. The first-order valence-electron chi connectivity index (χ1n) is 5.87. The van der Waals surface area contributed by atoms with Gasteiger partial charge < -0.3 is 0 Å². The summed E-state index contributed by atoms with van der Waals surface area (Å²) in [5, 5.41) is -0.661. The maximum Gasteiger partial charge on any atom is 0.266 e. The lowest BCUT2D eigenvalue weighted by Crippen LogP contribution is -2.29. The Hall–Kier alpha value is -2.46. The highest BCUT2D eigenvalue weighted by atomic mass is 35.5. The summed E-state index contributed by atoms with van der Waals surface area (Å²) in [5.74, 6) is -0.847. The average Bonchev–Trinajstić information content (AvgIpc) is 2.71. The van der Waals surface area contributed by atoms with Crippen LogP contribution in [0.4, 0.5) is 5.69 Å². The molecule has 0 saturated carbocycles. The Morgan fingerprint density at radius 3 is 2.20 bits per heavy atom. The summed E-state index contributed by atoms with van der Waals surface area (Å²) in [5.41, 5.74) is 1.17. The van der Waals surface area contributed by atoms with Gasteiger partial charge in [-0.2, -0.15) is 0 Å². The normalized spacial score (nSPS) is 13.6. The Morgan fingerprint density at radius 2 is 1.55 bits per heavy atom. The van der Waals surface area contributed by atoms with E-state index in [0.29, 0.717) is 5.69 Å². The molecule has 1 aliphatic rings. The number of nitrogens with zero attached hydrogens (tertiary/aromatic N) is 1. The van der Waals surface area contributed by atoms with E-state index < -0.39 is 17.1 Å². The van der Waals surface area contributed by atoms with Gasteiger partial charge in [0, 0.05) is 5.56 Å². The van der Waals surface area contributed by atoms with Gasteiger partial charge in [-0.25, -0.2) is 4.90 Å². The highest BCUT2D eigenvalue weighted by Gasteiger charge is 2.36. The van der Waals surface area contributed by atoms with E-state index in [1.165, 1.54) is 18.2 Å². The van der Waals surface area contributed by atoms with E-state index in [1.807, 2.05) is 0 Å². The van der Waals surface area contributed by atoms with Crippen molar-refractivity contribution in [1.82, 2.24) is 0 Å². The first-order valence-corrected chi connectivity index (χ1v) is 6.25. The summed E-state index contributed by atoms with van der Waals surface area (Å²) >= 11 is 5.39. The van der Waals surface area contributed by atoms with Crippen LogP contribution in [0, 0.1) is 0 Å². The van der Waals surface area contributed by atoms with Crippen LogP contribution in [-0.4, -0.2) is 17.1 Å². The maximum atomic E-state index is 12.3. The summed E-state index contributed by atoms with van der Waals surface area (Å²) in [6, 6.07) is 12.9. The van der Waals surface area contributed by atoms with Gasteiger partial charge in [0.2, 0.25) is 0 Å². The quantitative estimate of drug-likeness (QED) is 0.630. The Bertz CT molecular complexity index is 740. The molecule has 0 saturated heterocycles. The number of benzene rings is 2. The van der Waals surface area contributed by atoms with Crippen molar-refractivity contribution in [3.63, 3.8) is 0 Å². The van der Waals surface area contributed by atoms with Gasteiger partial charge in [-0.15, -0.1) is 0 Å². The van der Waals surface area contributed by atoms with E-state index >= 15 is 0 Å². The van der Waals surface area contributed by atoms with Gasteiger partial charge in [-0.05, 0) is 41.9 Å². The number of fused-ring (bicyclic) bond motifs is 1. The van der Waals surface area contributed by atoms with Crippen molar-refractivity contribution in [2.75, 3.05) is 4.90 Å². The fraction of sp³-hybridized carbons (Fsp3) is 0. The molecular weight excluding hydrogens is 278 g/mol. The molecule has 0 aromatic heterocycles. The van der Waals surface area contributed by atoms with E-state index in [1.54, 1.807) is 30.3 Å². The second kappa shape index (κ2) is 4.58. The van der Waals surface area contributed by atoms with Gasteiger partial charge in [0.05, 0.1) is 16.8 Å². The Balaban J connectivity index is 2.11. The van der Waals surface area contributed by atoms with Crippen molar-refractivity contribution < 1.29 is 14.4 Å². The number of halogens is 1. The fourth-order valence-electron chi connectivity index (χ4n) is 2.17. The van der Waals surface area contributed by atoms with Crippen LogP contribution in [0.15, 0.2) is 48.5 Å². The van der Waals surface area contributed by atoms with Crippen LogP contribution in [0.1, 0.15) is 31.1 Å². The smallest absolute Gasteiger partial charge is 0.266 e. The van der Waals surface area contributed by atoms with Crippen molar-refractivity contribution in [3.05, 3.63) is 65.2 Å². The number of rotatable bonds is 2.